The van der Waals surface area contributed by atoms with Crippen LogP contribution in [0.3, 0.4) is 0 Å². The van der Waals surface area contributed by atoms with Crippen LogP contribution in [0, 0.1) is 6.92 Å². The lowest BCUT2D eigenvalue weighted by Crippen LogP contribution is -2.29. The van der Waals surface area contributed by atoms with Gasteiger partial charge in [0.15, 0.2) is 17.6 Å². The molecule has 1 aliphatic rings. The largest absolute Gasteiger partial charge is 0.454 e. The van der Waals surface area contributed by atoms with Gasteiger partial charge in [-0.25, -0.2) is 4.79 Å². The minimum atomic E-state index is -0.912. The summed E-state index contributed by atoms with van der Waals surface area (Å²) in [7, 11) is 0. The van der Waals surface area contributed by atoms with E-state index in [-0.39, 0.29) is 6.79 Å². The topological polar surface area (TPSA) is 73.9 Å². The number of amides is 1. The number of ether oxygens (including phenoxy) is 3. The lowest BCUT2D eigenvalue weighted by molar-refractivity contribution is -0.123. The molecule has 1 aromatic carbocycles. The maximum absolute atomic E-state index is 12.3. The highest BCUT2D eigenvalue weighted by Crippen LogP contribution is 2.34. The predicted octanol–water partition coefficient (Wildman–Crippen LogP) is 3.53. The van der Waals surface area contributed by atoms with Crippen molar-refractivity contribution in [3.8, 4) is 11.5 Å². The van der Waals surface area contributed by atoms with Gasteiger partial charge < -0.3 is 19.5 Å². The average Bonchev–Trinajstić information content (AvgIpc) is 3.20. The van der Waals surface area contributed by atoms with Crippen molar-refractivity contribution in [2.45, 2.75) is 33.3 Å². The first-order valence-electron chi connectivity index (χ1n) is 7.98. The predicted molar refractivity (Wildman–Crippen MR) is 94.5 cm³/mol. The first kappa shape index (κ1) is 17.3. The Labute approximate surface area is 149 Å². The number of hydrogen-bond donors (Lipinski definition) is 1. The van der Waals surface area contributed by atoms with E-state index in [9.17, 15) is 9.59 Å². The molecule has 0 saturated carbocycles. The van der Waals surface area contributed by atoms with E-state index in [2.05, 4.69) is 5.32 Å². The average molecular weight is 361 g/mol. The summed E-state index contributed by atoms with van der Waals surface area (Å²) in [5.74, 6) is 0.318. The van der Waals surface area contributed by atoms with E-state index in [0.29, 0.717) is 22.1 Å². The molecule has 3 rings (SSSR count). The Morgan fingerprint density at radius 1 is 1.28 bits per heavy atom. The van der Waals surface area contributed by atoms with Crippen LogP contribution in [0.1, 0.15) is 34.0 Å². The maximum Gasteiger partial charge on any atom is 0.349 e. The molecule has 2 aromatic rings. The molecule has 6 nitrogen and oxygen atoms in total. The molecular formula is C18H19NO5S. The Morgan fingerprint density at radius 2 is 2.04 bits per heavy atom. The van der Waals surface area contributed by atoms with Crippen LogP contribution in [0.2, 0.25) is 0 Å². The van der Waals surface area contributed by atoms with Crippen LogP contribution in [0.4, 0.5) is 5.69 Å². The molecule has 1 aromatic heterocycles. The molecule has 0 saturated heterocycles. The monoisotopic (exact) mass is 361 g/mol. The van der Waals surface area contributed by atoms with Gasteiger partial charge in [0.1, 0.15) is 4.88 Å². The second-order valence-corrected chi connectivity index (χ2v) is 6.91. The van der Waals surface area contributed by atoms with E-state index in [1.54, 1.807) is 25.1 Å². The molecule has 0 unspecified atom stereocenters. The molecule has 1 aliphatic heterocycles. The fourth-order valence-corrected chi connectivity index (χ4v) is 3.46. The van der Waals surface area contributed by atoms with Gasteiger partial charge in [0.2, 0.25) is 6.79 Å². The molecule has 0 bridgehead atoms. The number of thiophene rings is 1. The summed E-state index contributed by atoms with van der Waals surface area (Å²) in [5.41, 5.74) is 1.67. The number of nitrogens with one attached hydrogen (secondary N) is 1. The van der Waals surface area contributed by atoms with Crippen molar-refractivity contribution in [1.29, 1.82) is 0 Å². The van der Waals surface area contributed by atoms with Crippen molar-refractivity contribution in [3.63, 3.8) is 0 Å². The van der Waals surface area contributed by atoms with E-state index >= 15 is 0 Å². The number of anilines is 1. The van der Waals surface area contributed by atoms with Gasteiger partial charge in [-0.3, -0.25) is 4.79 Å². The number of hydrogen-bond acceptors (Lipinski definition) is 6. The second-order valence-electron chi connectivity index (χ2n) is 5.65. The molecule has 0 aliphatic carbocycles. The molecule has 0 spiro atoms. The molecule has 1 amide bonds. The summed E-state index contributed by atoms with van der Waals surface area (Å²) in [6.07, 6.45) is -0.0547. The van der Waals surface area contributed by atoms with Crippen molar-refractivity contribution in [1.82, 2.24) is 0 Å². The highest BCUT2D eigenvalue weighted by atomic mass is 32.1. The smallest absolute Gasteiger partial charge is 0.349 e. The molecule has 2 heterocycles. The van der Waals surface area contributed by atoms with Crippen LogP contribution < -0.4 is 14.8 Å². The number of carbonyl (C=O) groups excluding carboxylic acids is 2. The quantitative estimate of drug-likeness (QED) is 0.825. The Kier molecular flexibility index (Phi) is 4.94. The van der Waals surface area contributed by atoms with Gasteiger partial charge in [0, 0.05) is 16.6 Å². The summed E-state index contributed by atoms with van der Waals surface area (Å²) >= 11 is 1.38. The third kappa shape index (κ3) is 3.76. The third-order valence-corrected chi connectivity index (χ3v) is 4.97. The van der Waals surface area contributed by atoms with Gasteiger partial charge in [0.25, 0.3) is 5.91 Å². The number of esters is 1. The Bertz CT molecular complexity index is 814. The zero-order chi connectivity index (χ0) is 18.0. The van der Waals surface area contributed by atoms with Crippen LogP contribution in [0.25, 0.3) is 0 Å². The third-order valence-electron chi connectivity index (χ3n) is 3.90. The Hall–Kier alpha value is -2.54. The Morgan fingerprint density at radius 3 is 2.76 bits per heavy atom. The highest BCUT2D eigenvalue weighted by molar-refractivity contribution is 7.14. The van der Waals surface area contributed by atoms with Gasteiger partial charge in [-0.2, -0.15) is 0 Å². The minimum absolute atomic E-state index is 0.167. The van der Waals surface area contributed by atoms with E-state index in [4.69, 9.17) is 14.2 Å². The fourth-order valence-electron chi connectivity index (χ4n) is 2.46. The van der Waals surface area contributed by atoms with Crippen molar-refractivity contribution in [2.24, 2.45) is 0 Å². The standard InChI is InChI=1S/C18H19NO5S/c1-4-12-7-16(25-11(12)3)18(21)24-10(2)17(20)19-13-5-6-14-15(8-13)23-9-22-14/h5-8,10H,4,9H2,1-3H3,(H,19,20)/t10-/m0/s1. The number of benzene rings is 1. The van der Waals surface area contributed by atoms with Crippen LogP contribution in [0.15, 0.2) is 24.3 Å². The lowest BCUT2D eigenvalue weighted by Gasteiger charge is -2.13. The van der Waals surface area contributed by atoms with Gasteiger partial charge >= 0.3 is 5.97 Å². The number of aryl methyl sites for hydroxylation is 2. The van der Waals surface area contributed by atoms with E-state index in [1.165, 1.54) is 11.3 Å². The van der Waals surface area contributed by atoms with Crippen LogP contribution in [-0.2, 0) is 16.0 Å². The first-order valence-corrected chi connectivity index (χ1v) is 8.80. The van der Waals surface area contributed by atoms with E-state index in [1.807, 2.05) is 19.9 Å². The van der Waals surface area contributed by atoms with Crippen LogP contribution >= 0.6 is 11.3 Å². The fraction of sp³-hybridized carbons (Fsp3) is 0.333. The van der Waals surface area contributed by atoms with Gasteiger partial charge in [-0.05, 0) is 44.0 Å². The van der Waals surface area contributed by atoms with Crippen molar-refractivity contribution >= 4 is 28.9 Å². The highest BCUT2D eigenvalue weighted by Gasteiger charge is 2.22. The normalized spacial score (nSPS) is 13.4. The van der Waals surface area contributed by atoms with Gasteiger partial charge in [0.05, 0.1) is 0 Å². The molecule has 0 fully saturated rings. The minimum Gasteiger partial charge on any atom is -0.454 e. The summed E-state index contributed by atoms with van der Waals surface area (Å²) in [4.78, 5) is 26.1. The SMILES string of the molecule is CCc1cc(C(=O)O[C@@H](C)C(=O)Nc2ccc3c(c2)OCO3)sc1C. The molecule has 25 heavy (non-hydrogen) atoms. The summed E-state index contributed by atoms with van der Waals surface area (Å²) in [5, 5.41) is 2.71. The summed E-state index contributed by atoms with van der Waals surface area (Å²) in [6.45, 7) is 5.71. The number of fused-ring (bicyclic) bond motifs is 1. The molecule has 7 heteroatoms. The Balaban J connectivity index is 1.61. The maximum atomic E-state index is 12.3. The van der Waals surface area contributed by atoms with E-state index in [0.717, 1.165) is 16.9 Å². The second kappa shape index (κ2) is 7.14. The molecule has 0 radical (unpaired) electrons. The summed E-state index contributed by atoms with van der Waals surface area (Å²) in [6, 6.07) is 6.92. The van der Waals surface area contributed by atoms with Crippen molar-refractivity contribution < 1.29 is 23.8 Å². The van der Waals surface area contributed by atoms with Crippen LogP contribution in [0.5, 0.6) is 11.5 Å². The van der Waals surface area contributed by atoms with Crippen molar-refractivity contribution in [3.05, 3.63) is 39.6 Å². The van der Waals surface area contributed by atoms with Crippen molar-refractivity contribution in [2.75, 3.05) is 12.1 Å². The van der Waals surface area contributed by atoms with Crippen LogP contribution in [-0.4, -0.2) is 24.8 Å². The molecule has 1 N–H and O–H groups in total. The summed E-state index contributed by atoms with van der Waals surface area (Å²) < 4.78 is 15.8. The van der Waals surface area contributed by atoms with Gasteiger partial charge in [-0.15, -0.1) is 11.3 Å². The number of rotatable bonds is 5. The molecule has 1 atom stereocenters. The molecular weight excluding hydrogens is 342 g/mol. The number of carbonyl (C=O) groups is 2. The first-order chi connectivity index (χ1) is 12.0. The zero-order valence-electron chi connectivity index (χ0n) is 14.3. The zero-order valence-corrected chi connectivity index (χ0v) is 15.1. The van der Waals surface area contributed by atoms with E-state index < -0.39 is 18.0 Å². The lowest BCUT2D eigenvalue weighted by atomic mass is 10.2. The molecule has 132 valence electrons. The van der Waals surface area contributed by atoms with Gasteiger partial charge in [-0.1, -0.05) is 6.92 Å².